The number of methoxy groups -OCH3 is 1. The molecule has 0 aliphatic carbocycles. The van der Waals surface area contributed by atoms with Gasteiger partial charge in [-0.3, -0.25) is 4.79 Å². The lowest BCUT2D eigenvalue weighted by molar-refractivity contribution is 0.0600. The molecule has 1 aromatic heterocycles. The number of nitrogens with one attached hydrogen (secondary N) is 1. The molecule has 0 saturated heterocycles. The number of nitrogens with zero attached hydrogens (tertiary/aromatic N) is 3. The highest BCUT2D eigenvalue weighted by Gasteiger charge is 2.14. The molecule has 2 rings (SSSR count). The normalized spacial score (nSPS) is 10.2. The molecule has 1 heterocycles. The minimum absolute atomic E-state index is 0.151. The minimum Gasteiger partial charge on any atom is -0.465 e. The Kier molecular flexibility index (Phi) is 6.45. The van der Waals surface area contributed by atoms with Gasteiger partial charge in [0.05, 0.1) is 12.7 Å². The summed E-state index contributed by atoms with van der Waals surface area (Å²) in [6.45, 7) is 2.76. The van der Waals surface area contributed by atoms with Crippen molar-refractivity contribution in [3.8, 4) is 0 Å². The van der Waals surface area contributed by atoms with Gasteiger partial charge in [0, 0.05) is 25.5 Å². The highest BCUT2D eigenvalue weighted by molar-refractivity contribution is 5.92. The Morgan fingerprint density at radius 1 is 1.28 bits per heavy atom. The van der Waals surface area contributed by atoms with Crippen molar-refractivity contribution >= 4 is 23.5 Å². The maximum absolute atomic E-state index is 12.4. The van der Waals surface area contributed by atoms with Gasteiger partial charge in [0.25, 0.3) is 5.91 Å². The van der Waals surface area contributed by atoms with Crippen molar-refractivity contribution in [3.63, 3.8) is 0 Å². The van der Waals surface area contributed by atoms with Crippen molar-refractivity contribution in [3.05, 3.63) is 47.8 Å². The number of carbonyl (C=O) groups is 2. The smallest absolute Gasteiger partial charge is 0.337 e. The predicted octanol–water partition coefficient (Wildman–Crippen LogP) is 2.88. The summed E-state index contributed by atoms with van der Waals surface area (Å²) >= 11 is 0. The van der Waals surface area contributed by atoms with E-state index in [-0.39, 0.29) is 11.9 Å². The molecule has 0 spiro atoms. The number of benzene rings is 1. The maximum atomic E-state index is 12.4. The van der Waals surface area contributed by atoms with Crippen molar-refractivity contribution in [1.29, 1.82) is 0 Å². The molecule has 1 aromatic carbocycles. The molecule has 0 unspecified atom stereocenters. The quantitative estimate of drug-likeness (QED) is 0.779. The van der Waals surface area contributed by atoms with E-state index < -0.39 is 5.97 Å². The van der Waals surface area contributed by atoms with Crippen LogP contribution in [0.4, 0.5) is 11.6 Å². The zero-order chi connectivity index (χ0) is 18.2. The van der Waals surface area contributed by atoms with Gasteiger partial charge in [-0.2, -0.15) is 0 Å². The van der Waals surface area contributed by atoms with Crippen molar-refractivity contribution in [2.24, 2.45) is 0 Å². The number of esters is 1. The second-order valence-electron chi connectivity index (χ2n) is 5.54. The lowest BCUT2D eigenvalue weighted by Gasteiger charge is -2.16. The fraction of sp³-hybridized carbons (Fsp3) is 0.333. The van der Waals surface area contributed by atoms with Gasteiger partial charge < -0.3 is 15.0 Å². The Morgan fingerprint density at radius 3 is 2.80 bits per heavy atom. The largest absolute Gasteiger partial charge is 0.465 e. The molecule has 0 bridgehead atoms. The van der Waals surface area contributed by atoms with E-state index in [1.807, 2.05) is 0 Å². The van der Waals surface area contributed by atoms with Crippen molar-refractivity contribution in [2.75, 3.05) is 26.0 Å². The van der Waals surface area contributed by atoms with E-state index in [1.54, 1.807) is 42.3 Å². The highest BCUT2D eigenvalue weighted by Crippen LogP contribution is 2.16. The highest BCUT2D eigenvalue weighted by atomic mass is 16.5. The van der Waals surface area contributed by atoms with Gasteiger partial charge in [-0.15, -0.1) is 0 Å². The monoisotopic (exact) mass is 342 g/mol. The number of hydrogen-bond donors (Lipinski definition) is 1. The van der Waals surface area contributed by atoms with Crippen LogP contribution < -0.4 is 5.32 Å². The van der Waals surface area contributed by atoms with E-state index in [9.17, 15) is 9.59 Å². The first kappa shape index (κ1) is 18.4. The average molecular weight is 342 g/mol. The molecule has 1 amide bonds. The number of hydrogen-bond acceptors (Lipinski definition) is 6. The number of amides is 1. The first-order valence-electron chi connectivity index (χ1n) is 8.09. The zero-order valence-electron chi connectivity index (χ0n) is 14.7. The second kappa shape index (κ2) is 8.77. The van der Waals surface area contributed by atoms with Crippen LogP contribution in [0.25, 0.3) is 0 Å². The van der Waals surface area contributed by atoms with E-state index in [0.29, 0.717) is 23.5 Å². The van der Waals surface area contributed by atoms with E-state index in [1.165, 1.54) is 13.3 Å². The lowest BCUT2D eigenvalue weighted by Crippen LogP contribution is -2.28. The third-order valence-corrected chi connectivity index (χ3v) is 3.61. The average Bonchev–Trinajstić information content (AvgIpc) is 2.65. The molecule has 0 fully saturated rings. The first-order valence-corrected chi connectivity index (χ1v) is 8.09. The molecular formula is C18H22N4O3. The van der Waals surface area contributed by atoms with Crippen LogP contribution in [0.1, 0.15) is 40.6 Å². The van der Waals surface area contributed by atoms with Gasteiger partial charge in [0.2, 0.25) is 5.95 Å². The van der Waals surface area contributed by atoms with Crippen LogP contribution in [0.2, 0.25) is 0 Å². The number of aromatic nitrogens is 2. The summed E-state index contributed by atoms with van der Waals surface area (Å²) in [5.41, 5.74) is 1.37. The molecule has 25 heavy (non-hydrogen) atoms. The van der Waals surface area contributed by atoms with Crippen molar-refractivity contribution < 1.29 is 14.3 Å². The molecule has 7 nitrogen and oxygen atoms in total. The molecule has 132 valence electrons. The second-order valence-corrected chi connectivity index (χ2v) is 5.54. The SMILES string of the molecule is CCCCN(C)C(=O)c1ccnc(Nc2cccc(C(=O)OC)c2)n1. The van der Waals surface area contributed by atoms with Gasteiger partial charge >= 0.3 is 5.97 Å². The minimum atomic E-state index is -0.425. The number of ether oxygens (including phenoxy) is 1. The summed E-state index contributed by atoms with van der Waals surface area (Å²) in [5.74, 6) is -0.287. The van der Waals surface area contributed by atoms with Crippen LogP contribution in [0.15, 0.2) is 36.5 Å². The first-order chi connectivity index (χ1) is 12.0. The maximum Gasteiger partial charge on any atom is 0.337 e. The number of rotatable bonds is 7. The summed E-state index contributed by atoms with van der Waals surface area (Å²) in [6.07, 6.45) is 3.49. The number of unbranched alkanes of at least 4 members (excludes halogenated alkanes) is 1. The Hall–Kier alpha value is -2.96. The molecule has 7 heteroatoms. The number of carbonyl (C=O) groups excluding carboxylic acids is 2. The Labute approximate surface area is 147 Å². The summed E-state index contributed by atoms with van der Waals surface area (Å²) in [4.78, 5) is 34.0. The van der Waals surface area contributed by atoms with Gasteiger partial charge in [0.15, 0.2) is 0 Å². The van der Waals surface area contributed by atoms with Gasteiger partial charge in [-0.1, -0.05) is 19.4 Å². The van der Waals surface area contributed by atoms with E-state index in [2.05, 4.69) is 22.2 Å². The molecular weight excluding hydrogens is 320 g/mol. The van der Waals surface area contributed by atoms with Crippen LogP contribution in [-0.2, 0) is 4.74 Å². The summed E-state index contributed by atoms with van der Waals surface area (Å²) < 4.78 is 4.70. The van der Waals surface area contributed by atoms with Gasteiger partial charge in [0.1, 0.15) is 5.69 Å². The molecule has 0 saturated carbocycles. The van der Waals surface area contributed by atoms with Gasteiger partial charge in [-0.05, 0) is 30.7 Å². The van der Waals surface area contributed by atoms with Crippen LogP contribution in [0, 0.1) is 0 Å². The molecule has 0 atom stereocenters. The standard InChI is InChI=1S/C18H22N4O3/c1-4-5-11-22(2)16(23)15-9-10-19-18(21-15)20-14-8-6-7-13(12-14)17(24)25-3/h6-10,12H,4-5,11H2,1-3H3,(H,19,20,21). The topological polar surface area (TPSA) is 84.4 Å². The Bertz CT molecular complexity index is 749. The van der Waals surface area contributed by atoms with Crippen LogP contribution in [-0.4, -0.2) is 47.4 Å². The summed E-state index contributed by atoms with van der Waals surface area (Å²) in [7, 11) is 3.09. The summed E-state index contributed by atoms with van der Waals surface area (Å²) in [5, 5.41) is 3.00. The van der Waals surface area contributed by atoms with Crippen molar-refractivity contribution in [2.45, 2.75) is 19.8 Å². The van der Waals surface area contributed by atoms with Gasteiger partial charge in [-0.25, -0.2) is 14.8 Å². The lowest BCUT2D eigenvalue weighted by atomic mass is 10.2. The predicted molar refractivity (Wildman–Crippen MR) is 95.0 cm³/mol. The molecule has 1 N–H and O–H groups in total. The summed E-state index contributed by atoms with van der Waals surface area (Å²) in [6, 6.07) is 8.37. The fourth-order valence-corrected chi connectivity index (χ4v) is 2.20. The van der Waals surface area contributed by atoms with E-state index in [0.717, 1.165) is 12.8 Å². The zero-order valence-corrected chi connectivity index (χ0v) is 14.7. The molecule has 2 aromatic rings. The van der Waals surface area contributed by atoms with Crippen molar-refractivity contribution in [1.82, 2.24) is 14.9 Å². The molecule has 0 aliphatic rings. The van der Waals surface area contributed by atoms with Crippen LogP contribution in [0.5, 0.6) is 0 Å². The van der Waals surface area contributed by atoms with E-state index >= 15 is 0 Å². The van der Waals surface area contributed by atoms with Crippen LogP contribution >= 0.6 is 0 Å². The fourth-order valence-electron chi connectivity index (χ4n) is 2.20. The number of anilines is 2. The molecule has 0 aliphatic heterocycles. The Balaban J connectivity index is 2.14. The third kappa shape index (κ3) is 5.00. The van der Waals surface area contributed by atoms with Crippen LogP contribution in [0.3, 0.4) is 0 Å². The van der Waals surface area contributed by atoms with E-state index in [4.69, 9.17) is 4.74 Å². The Morgan fingerprint density at radius 2 is 2.08 bits per heavy atom. The third-order valence-electron chi connectivity index (χ3n) is 3.61. The molecule has 0 radical (unpaired) electrons.